The van der Waals surface area contributed by atoms with Gasteiger partial charge in [0.15, 0.2) is 0 Å². The minimum absolute atomic E-state index is 0.0352. The fourth-order valence-corrected chi connectivity index (χ4v) is 2.61. The molecule has 1 aromatic carbocycles. The predicted octanol–water partition coefficient (Wildman–Crippen LogP) is 2.65. The molecule has 18 heavy (non-hydrogen) atoms. The van der Waals surface area contributed by atoms with Crippen LogP contribution in [0, 0.1) is 12.8 Å². The molecule has 0 heterocycles. The van der Waals surface area contributed by atoms with Crippen molar-refractivity contribution < 1.29 is 9.90 Å². The molecule has 0 aliphatic heterocycles. The molecule has 2 atom stereocenters. The molecule has 1 saturated carbocycles. The summed E-state index contributed by atoms with van der Waals surface area (Å²) in [6, 6.07) is 5.59. The van der Waals surface area contributed by atoms with Gasteiger partial charge < -0.3 is 10.4 Å². The second-order valence-corrected chi connectivity index (χ2v) is 5.86. The number of hydrogen-bond acceptors (Lipinski definition) is 2. The Balaban J connectivity index is 1.89. The summed E-state index contributed by atoms with van der Waals surface area (Å²) in [6.07, 6.45) is 2.49. The number of rotatable bonds is 3. The largest absolute Gasteiger partial charge is 0.393 e. The van der Waals surface area contributed by atoms with E-state index in [9.17, 15) is 9.90 Å². The minimum atomic E-state index is -0.179. The number of aliphatic hydroxyl groups excluding tert-OH is 1. The van der Waals surface area contributed by atoms with Crippen LogP contribution < -0.4 is 5.32 Å². The Hall–Kier alpha value is -0.870. The molecule has 1 amide bonds. The smallest absolute Gasteiger partial charge is 0.251 e. The first-order chi connectivity index (χ1) is 8.56. The monoisotopic (exact) mass is 311 g/mol. The first kappa shape index (κ1) is 13.6. The van der Waals surface area contributed by atoms with E-state index in [0.29, 0.717) is 18.0 Å². The van der Waals surface area contributed by atoms with Gasteiger partial charge in [-0.25, -0.2) is 0 Å². The molecule has 3 nitrogen and oxygen atoms in total. The fraction of sp³-hybridized carbons (Fsp3) is 0.500. The van der Waals surface area contributed by atoms with Crippen molar-refractivity contribution in [3.8, 4) is 0 Å². The Labute approximate surface area is 116 Å². The molecule has 98 valence electrons. The van der Waals surface area contributed by atoms with E-state index in [0.717, 1.165) is 29.3 Å². The average molecular weight is 312 g/mol. The molecule has 0 radical (unpaired) electrons. The molecule has 2 unspecified atom stereocenters. The summed E-state index contributed by atoms with van der Waals surface area (Å²) in [5, 5.41) is 12.4. The van der Waals surface area contributed by atoms with Gasteiger partial charge in [-0.1, -0.05) is 15.9 Å². The van der Waals surface area contributed by atoms with E-state index in [-0.39, 0.29) is 12.0 Å². The van der Waals surface area contributed by atoms with Crippen LogP contribution in [0.3, 0.4) is 0 Å². The number of aliphatic hydroxyl groups is 1. The summed E-state index contributed by atoms with van der Waals surface area (Å²) in [7, 11) is 0. The summed E-state index contributed by atoms with van der Waals surface area (Å²) in [4.78, 5) is 12.0. The Bertz CT molecular complexity index is 447. The van der Waals surface area contributed by atoms with E-state index in [1.165, 1.54) is 0 Å². The van der Waals surface area contributed by atoms with Gasteiger partial charge in [-0.15, -0.1) is 0 Å². The molecule has 2 N–H and O–H groups in total. The number of carbonyl (C=O) groups excluding carboxylic acids is 1. The lowest BCUT2D eigenvalue weighted by molar-refractivity contribution is 0.0945. The number of halogens is 1. The van der Waals surface area contributed by atoms with Gasteiger partial charge in [0.25, 0.3) is 5.91 Å². The molecule has 1 aromatic rings. The van der Waals surface area contributed by atoms with E-state index in [2.05, 4.69) is 21.2 Å². The van der Waals surface area contributed by atoms with Crippen LogP contribution in [0.5, 0.6) is 0 Å². The van der Waals surface area contributed by atoms with Crippen molar-refractivity contribution in [2.45, 2.75) is 32.3 Å². The summed E-state index contributed by atoms with van der Waals surface area (Å²) < 4.78 is 1.01. The zero-order valence-electron chi connectivity index (χ0n) is 10.4. The van der Waals surface area contributed by atoms with E-state index in [4.69, 9.17) is 0 Å². The van der Waals surface area contributed by atoms with Gasteiger partial charge in [-0.05, 0) is 55.9 Å². The van der Waals surface area contributed by atoms with Crippen molar-refractivity contribution in [1.82, 2.24) is 5.32 Å². The van der Waals surface area contributed by atoms with Crippen molar-refractivity contribution in [1.29, 1.82) is 0 Å². The van der Waals surface area contributed by atoms with Crippen LogP contribution in [0.2, 0.25) is 0 Å². The van der Waals surface area contributed by atoms with Crippen LogP contribution in [-0.2, 0) is 0 Å². The van der Waals surface area contributed by atoms with Gasteiger partial charge in [-0.2, -0.15) is 0 Å². The van der Waals surface area contributed by atoms with E-state index in [1.807, 2.05) is 25.1 Å². The topological polar surface area (TPSA) is 49.3 Å². The van der Waals surface area contributed by atoms with Crippen molar-refractivity contribution in [3.05, 3.63) is 33.8 Å². The third-order valence-corrected chi connectivity index (χ3v) is 4.37. The number of benzene rings is 1. The van der Waals surface area contributed by atoms with Gasteiger partial charge in [0.05, 0.1) is 6.10 Å². The van der Waals surface area contributed by atoms with Crippen LogP contribution in [0.25, 0.3) is 0 Å². The molecule has 2 rings (SSSR count). The second-order valence-electron chi connectivity index (χ2n) is 5.01. The van der Waals surface area contributed by atoms with Gasteiger partial charge in [0.1, 0.15) is 0 Å². The predicted molar refractivity (Wildman–Crippen MR) is 74.6 cm³/mol. The minimum Gasteiger partial charge on any atom is -0.393 e. The summed E-state index contributed by atoms with van der Waals surface area (Å²) in [6.45, 7) is 2.62. The zero-order valence-corrected chi connectivity index (χ0v) is 12.0. The van der Waals surface area contributed by atoms with Crippen molar-refractivity contribution in [2.24, 2.45) is 5.92 Å². The number of aryl methyl sites for hydroxylation is 1. The molecule has 1 fully saturated rings. The Kier molecular flexibility index (Phi) is 4.40. The normalized spacial score (nSPS) is 23.1. The maximum atomic E-state index is 12.0. The highest BCUT2D eigenvalue weighted by atomic mass is 79.9. The van der Waals surface area contributed by atoms with E-state index < -0.39 is 0 Å². The summed E-state index contributed by atoms with van der Waals surface area (Å²) in [5.41, 5.74) is 1.74. The molecule has 0 bridgehead atoms. The van der Waals surface area contributed by atoms with E-state index >= 15 is 0 Å². The van der Waals surface area contributed by atoms with Gasteiger partial charge in [0.2, 0.25) is 0 Å². The van der Waals surface area contributed by atoms with Gasteiger partial charge >= 0.3 is 0 Å². The highest BCUT2D eigenvalue weighted by Gasteiger charge is 2.23. The third kappa shape index (κ3) is 3.33. The number of nitrogens with one attached hydrogen (secondary N) is 1. The first-order valence-electron chi connectivity index (χ1n) is 6.28. The number of amides is 1. The van der Waals surface area contributed by atoms with Crippen LogP contribution >= 0.6 is 15.9 Å². The maximum absolute atomic E-state index is 12.0. The molecular formula is C14H18BrNO2. The quantitative estimate of drug-likeness (QED) is 0.901. The number of carbonyl (C=O) groups is 1. The van der Waals surface area contributed by atoms with Crippen LogP contribution in [0.4, 0.5) is 0 Å². The van der Waals surface area contributed by atoms with Crippen LogP contribution in [0.15, 0.2) is 22.7 Å². The SMILES string of the molecule is Cc1cc(C(=O)NCC2CCC(O)C2)ccc1Br. The van der Waals surface area contributed by atoms with Crippen LogP contribution in [0.1, 0.15) is 35.2 Å². The second kappa shape index (κ2) is 5.85. The van der Waals surface area contributed by atoms with Crippen molar-refractivity contribution in [3.63, 3.8) is 0 Å². The molecule has 1 aliphatic carbocycles. The summed E-state index contributed by atoms with van der Waals surface area (Å²) in [5.74, 6) is 0.382. The Morgan fingerprint density at radius 3 is 2.89 bits per heavy atom. The Morgan fingerprint density at radius 2 is 2.28 bits per heavy atom. The lowest BCUT2D eigenvalue weighted by Gasteiger charge is -2.11. The zero-order chi connectivity index (χ0) is 13.1. The van der Waals surface area contributed by atoms with Gasteiger partial charge in [-0.3, -0.25) is 4.79 Å². The third-order valence-electron chi connectivity index (χ3n) is 3.48. The fourth-order valence-electron chi connectivity index (χ4n) is 2.36. The summed E-state index contributed by atoms with van der Waals surface area (Å²) >= 11 is 3.42. The average Bonchev–Trinajstić information content (AvgIpc) is 2.75. The highest BCUT2D eigenvalue weighted by molar-refractivity contribution is 9.10. The molecule has 1 aliphatic rings. The van der Waals surface area contributed by atoms with E-state index in [1.54, 1.807) is 0 Å². The highest BCUT2D eigenvalue weighted by Crippen LogP contribution is 2.24. The van der Waals surface area contributed by atoms with Crippen molar-refractivity contribution in [2.75, 3.05) is 6.54 Å². The standard InChI is InChI=1S/C14H18BrNO2/c1-9-6-11(3-5-13(9)15)14(18)16-8-10-2-4-12(17)7-10/h3,5-6,10,12,17H,2,4,7-8H2,1H3,(H,16,18). The molecule has 0 spiro atoms. The van der Waals surface area contributed by atoms with Gasteiger partial charge in [0, 0.05) is 16.6 Å². The van der Waals surface area contributed by atoms with Crippen LogP contribution in [-0.4, -0.2) is 23.7 Å². The Morgan fingerprint density at radius 1 is 1.50 bits per heavy atom. The molecule has 0 aromatic heterocycles. The maximum Gasteiger partial charge on any atom is 0.251 e. The molecule has 0 saturated heterocycles. The lowest BCUT2D eigenvalue weighted by Crippen LogP contribution is -2.28. The molecular weight excluding hydrogens is 294 g/mol. The molecule has 4 heteroatoms. The number of hydrogen-bond donors (Lipinski definition) is 2. The lowest BCUT2D eigenvalue weighted by atomic mass is 10.1. The first-order valence-corrected chi connectivity index (χ1v) is 7.08. The van der Waals surface area contributed by atoms with Crippen molar-refractivity contribution >= 4 is 21.8 Å².